The van der Waals surface area contributed by atoms with Gasteiger partial charge in [0, 0.05) is 6.07 Å². The van der Waals surface area contributed by atoms with Gasteiger partial charge in [-0.15, -0.1) is 0 Å². The third-order valence-electron chi connectivity index (χ3n) is 4.75. The van der Waals surface area contributed by atoms with Crippen LogP contribution in [-0.4, -0.2) is 27.6 Å². The van der Waals surface area contributed by atoms with E-state index in [0.29, 0.717) is 13.2 Å². The van der Waals surface area contributed by atoms with Gasteiger partial charge in [-0.3, -0.25) is 0 Å². The van der Waals surface area contributed by atoms with Crippen LogP contribution in [0, 0.1) is 0 Å². The first kappa shape index (κ1) is 16.9. The number of ether oxygens (including phenoxy) is 2. The van der Waals surface area contributed by atoms with Crippen LogP contribution in [0.3, 0.4) is 0 Å². The van der Waals surface area contributed by atoms with E-state index in [4.69, 9.17) is 18.3 Å². The topological polar surface area (TPSA) is 40.8 Å². The zero-order valence-electron chi connectivity index (χ0n) is 14.2. The summed E-state index contributed by atoms with van der Waals surface area (Å²) in [4.78, 5) is 0. The summed E-state index contributed by atoms with van der Waals surface area (Å²) in [6.45, 7) is 12.2. The fourth-order valence-electron chi connectivity index (χ4n) is 2.28. The van der Waals surface area contributed by atoms with Crippen LogP contribution in [0.1, 0.15) is 20.8 Å². The standard InChI is InChI=1S/C17H23BrO4Si/c1-17(2,3)23(4,5)21-10-11-9-20-16-12-6-7-19-15(12)13(18)8-14(16)22-11/h6-8,11H,9-10H2,1-5H3. The molecule has 23 heavy (non-hydrogen) atoms. The Bertz CT molecular complexity index is 717. The molecule has 6 heteroatoms. The maximum Gasteiger partial charge on any atom is 0.192 e. The van der Waals surface area contributed by atoms with Gasteiger partial charge >= 0.3 is 0 Å². The van der Waals surface area contributed by atoms with Gasteiger partial charge in [-0.05, 0) is 40.1 Å². The number of fused-ring (bicyclic) bond motifs is 3. The van der Waals surface area contributed by atoms with E-state index in [1.165, 1.54) is 0 Å². The average molecular weight is 399 g/mol. The van der Waals surface area contributed by atoms with Crippen molar-refractivity contribution in [2.24, 2.45) is 0 Å². The molecule has 1 aromatic carbocycles. The van der Waals surface area contributed by atoms with Crippen molar-refractivity contribution in [3.8, 4) is 11.5 Å². The molecule has 0 spiro atoms. The quantitative estimate of drug-likeness (QED) is 0.652. The lowest BCUT2D eigenvalue weighted by atomic mass is 10.2. The van der Waals surface area contributed by atoms with E-state index in [-0.39, 0.29) is 11.1 Å². The second-order valence-electron chi connectivity index (χ2n) is 7.47. The van der Waals surface area contributed by atoms with Crippen molar-refractivity contribution in [3.05, 3.63) is 22.9 Å². The molecular formula is C17H23BrO4Si. The highest BCUT2D eigenvalue weighted by Crippen LogP contribution is 2.43. The lowest BCUT2D eigenvalue weighted by Crippen LogP contribution is -2.45. The molecule has 0 aliphatic carbocycles. The van der Waals surface area contributed by atoms with Crippen LogP contribution < -0.4 is 9.47 Å². The third kappa shape index (κ3) is 3.16. The molecular weight excluding hydrogens is 376 g/mol. The molecule has 2 heterocycles. The highest BCUT2D eigenvalue weighted by Gasteiger charge is 2.38. The van der Waals surface area contributed by atoms with Crippen LogP contribution in [0.25, 0.3) is 11.0 Å². The van der Waals surface area contributed by atoms with Crippen LogP contribution in [0.15, 0.2) is 27.3 Å². The predicted octanol–water partition coefficient (Wildman–Crippen LogP) is 5.36. The van der Waals surface area contributed by atoms with Crippen molar-refractivity contribution in [1.29, 1.82) is 0 Å². The van der Waals surface area contributed by atoms with Gasteiger partial charge in [-0.2, -0.15) is 0 Å². The van der Waals surface area contributed by atoms with Gasteiger partial charge < -0.3 is 18.3 Å². The largest absolute Gasteiger partial charge is 0.485 e. The molecule has 1 atom stereocenters. The normalized spacial score (nSPS) is 18.4. The van der Waals surface area contributed by atoms with Crippen molar-refractivity contribution in [2.45, 2.75) is 45.0 Å². The number of furan rings is 1. The van der Waals surface area contributed by atoms with Crippen molar-refractivity contribution >= 4 is 35.2 Å². The summed E-state index contributed by atoms with van der Waals surface area (Å²) in [6.07, 6.45) is 1.57. The Morgan fingerprint density at radius 3 is 2.78 bits per heavy atom. The summed E-state index contributed by atoms with van der Waals surface area (Å²) in [7, 11) is -1.78. The van der Waals surface area contributed by atoms with Crippen LogP contribution >= 0.6 is 15.9 Å². The zero-order chi connectivity index (χ0) is 16.8. The van der Waals surface area contributed by atoms with Crippen LogP contribution in [0.5, 0.6) is 11.5 Å². The van der Waals surface area contributed by atoms with Gasteiger partial charge in [0.15, 0.2) is 31.5 Å². The molecule has 1 aliphatic heterocycles. The first-order valence-corrected chi connectivity index (χ1v) is 11.5. The van der Waals surface area contributed by atoms with E-state index in [1.54, 1.807) is 6.26 Å². The Morgan fingerprint density at radius 1 is 1.35 bits per heavy atom. The van der Waals surface area contributed by atoms with E-state index < -0.39 is 8.32 Å². The predicted molar refractivity (Wildman–Crippen MR) is 97.0 cm³/mol. The summed E-state index contributed by atoms with van der Waals surface area (Å²) in [6, 6.07) is 3.80. The summed E-state index contributed by atoms with van der Waals surface area (Å²) in [5.74, 6) is 1.49. The van der Waals surface area contributed by atoms with E-state index in [0.717, 1.165) is 26.9 Å². The molecule has 0 saturated heterocycles. The molecule has 3 rings (SSSR count). The molecule has 0 N–H and O–H groups in total. The Balaban J connectivity index is 1.75. The summed E-state index contributed by atoms with van der Waals surface area (Å²) < 4.78 is 24.6. The highest BCUT2D eigenvalue weighted by molar-refractivity contribution is 9.10. The molecule has 1 unspecified atom stereocenters. The van der Waals surface area contributed by atoms with E-state index in [2.05, 4.69) is 49.8 Å². The van der Waals surface area contributed by atoms with Crippen LogP contribution in [0.4, 0.5) is 0 Å². The molecule has 0 saturated carbocycles. The molecule has 1 aliphatic rings. The van der Waals surface area contributed by atoms with Crippen LogP contribution in [-0.2, 0) is 4.43 Å². The summed E-state index contributed by atoms with van der Waals surface area (Å²) in [5.41, 5.74) is 0.781. The summed E-state index contributed by atoms with van der Waals surface area (Å²) in [5, 5.41) is 1.12. The molecule has 0 bridgehead atoms. The van der Waals surface area contributed by atoms with E-state index >= 15 is 0 Å². The molecule has 4 nitrogen and oxygen atoms in total. The maximum absolute atomic E-state index is 6.25. The van der Waals surface area contributed by atoms with Gasteiger partial charge in [0.05, 0.1) is 22.7 Å². The van der Waals surface area contributed by atoms with E-state index in [1.807, 2.05) is 12.1 Å². The fraction of sp³-hybridized carbons (Fsp3) is 0.529. The van der Waals surface area contributed by atoms with Gasteiger partial charge in [0.25, 0.3) is 0 Å². The van der Waals surface area contributed by atoms with Gasteiger partial charge in [0.1, 0.15) is 6.61 Å². The minimum absolute atomic E-state index is 0.0899. The summed E-state index contributed by atoms with van der Waals surface area (Å²) >= 11 is 3.52. The van der Waals surface area contributed by atoms with Crippen molar-refractivity contribution in [3.63, 3.8) is 0 Å². The highest BCUT2D eigenvalue weighted by atomic mass is 79.9. The average Bonchev–Trinajstić information content (AvgIpc) is 2.94. The second-order valence-corrected chi connectivity index (χ2v) is 13.1. The Kier molecular flexibility index (Phi) is 4.27. The van der Waals surface area contributed by atoms with E-state index in [9.17, 15) is 0 Å². The number of halogens is 1. The number of hydrogen-bond acceptors (Lipinski definition) is 4. The zero-order valence-corrected chi connectivity index (χ0v) is 16.8. The number of rotatable bonds is 3. The molecule has 0 amide bonds. The molecule has 0 radical (unpaired) electrons. The molecule has 1 aromatic heterocycles. The van der Waals surface area contributed by atoms with Gasteiger partial charge in [-0.25, -0.2) is 0 Å². The van der Waals surface area contributed by atoms with Crippen molar-refractivity contribution in [2.75, 3.05) is 13.2 Å². The Labute approximate surface area is 146 Å². The molecule has 2 aromatic rings. The van der Waals surface area contributed by atoms with Crippen molar-refractivity contribution in [1.82, 2.24) is 0 Å². The van der Waals surface area contributed by atoms with Crippen LogP contribution in [0.2, 0.25) is 18.1 Å². The SMILES string of the molecule is CC(C)(C)[Si](C)(C)OCC1COc2c(cc(Br)c3occc23)O1. The first-order valence-electron chi connectivity index (χ1n) is 7.82. The Morgan fingerprint density at radius 2 is 2.09 bits per heavy atom. The minimum Gasteiger partial charge on any atom is -0.485 e. The smallest absolute Gasteiger partial charge is 0.192 e. The van der Waals surface area contributed by atoms with Crippen molar-refractivity contribution < 1.29 is 18.3 Å². The molecule has 0 fully saturated rings. The monoisotopic (exact) mass is 398 g/mol. The van der Waals surface area contributed by atoms with Gasteiger partial charge in [0.2, 0.25) is 0 Å². The maximum atomic E-state index is 6.25. The number of benzene rings is 1. The molecule has 126 valence electrons. The second kappa shape index (κ2) is 5.83. The minimum atomic E-state index is -1.78. The lowest BCUT2D eigenvalue weighted by Gasteiger charge is -2.37. The third-order valence-corrected chi connectivity index (χ3v) is 9.84. The fourth-order valence-corrected chi connectivity index (χ4v) is 3.83. The Hall–Kier alpha value is -0.983. The lowest BCUT2D eigenvalue weighted by molar-refractivity contribution is 0.0503. The van der Waals surface area contributed by atoms with Gasteiger partial charge in [-0.1, -0.05) is 20.8 Å². The first-order chi connectivity index (χ1) is 10.7. The number of hydrogen-bond donors (Lipinski definition) is 0.